The molecule has 11 heavy (non-hydrogen) atoms. The van der Waals surface area contributed by atoms with Crippen LogP contribution in [-0.4, -0.2) is 38.6 Å². The van der Waals surface area contributed by atoms with E-state index in [-0.39, 0.29) is 6.04 Å². The molecule has 0 aromatic heterocycles. The molecule has 0 radical (unpaired) electrons. The molecular formula is C7H12N2O2. The molecule has 0 aliphatic carbocycles. The van der Waals surface area contributed by atoms with E-state index in [1.54, 1.807) is 14.2 Å². The second-order valence-corrected chi connectivity index (χ2v) is 2.26. The first-order valence-corrected chi connectivity index (χ1v) is 3.47. The average molecular weight is 156 g/mol. The standard InChI is InChI=1S/C7H12N2O2/c1-5-7(11-3)8-4-6(9-5)10-2/h5H,4H2,1-3H3/t5-/m1/s1. The normalized spacial score (nSPS) is 23.7. The van der Waals surface area contributed by atoms with Gasteiger partial charge in [-0.05, 0) is 6.92 Å². The van der Waals surface area contributed by atoms with Gasteiger partial charge in [-0.3, -0.25) is 0 Å². The summed E-state index contributed by atoms with van der Waals surface area (Å²) in [4.78, 5) is 8.31. The smallest absolute Gasteiger partial charge is 0.208 e. The molecule has 1 atom stereocenters. The van der Waals surface area contributed by atoms with Gasteiger partial charge in [-0.2, -0.15) is 0 Å². The fraction of sp³-hybridized carbons (Fsp3) is 0.714. The SMILES string of the molecule is COC1=N[C@H](C)C(OC)=NC1. The predicted molar refractivity (Wildman–Crippen MR) is 43.2 cm³/mol. The molecule has 0 fully saturated rings. The van der Waals surface area contributed by atoms with Gasteiger partial charge in [-0.15, -0.1) is 0 Å². The molecule has 0 saturated carbocycles. The van der Waals surface area contributed by atoms with E-state index in [1.807, 2.05) is 6.92 Å². The second-order valence-electron chi connectivity index (χ2n) is 2.26. The molecule has 0 bridgehead atoms. The molecule has 4 heteroatoms. The summed E-state index contributed by atoms with van der Waals surface area (Å²) in [6.45, 7) is 2.41. The lowest BCUT2D eigenvalue weighted by Gasteiger charge is -2.15. The van der Waals surface area contributed by atoms with Crippen LogP contribution in [0.4, 0.5) is 0 Å². The molecule has 0 N–H and O–H groups in total. The van der Waals surface area contributed by atoms with Gasteiger partial charge in [0.05, 0.1) is 14.2 Å². The summed E-state index contributed by atoms with van der Waals surface area (Å²) in [5.41, 5.74) is 0. The summed E-state index contributed by atoms with van der Waals surface area (Å²) in [5, 5.41) is 0. The van der Waals surface area contributed by atoms with Crippen LogP contribution in [0.1, 0.15) is 6.92 Å². The van der Waals surface area contributed by atoms with Crippen LogP contribution in [0.15, 0.2) is 9.98 Å². The second kappa shape index (κ2) is 3.37. The predicted octanol–water partition coefficient (Wildman–Crippen LogP) is 0.478. The molecule has 0 aromatic carbocycles. The Morgan fingerprint density at radius 1 is 1.36 bits per heavy atom. The van der Waals surface area contributed by atoms with E-state index in [0.717, 1.165) is 0 Å². The molecule has 0 spiro atoms. The van der Waals surface area contributed by atoms with Crippen LogP contribution >= 0.6 is 0 Å². The number of rotatable bonds is 0. The van der Waals surface area contributed by atoms with Gasteiger partial charge in [0, 0.05) is 0 Å². The fourth-order valence-corrected chi connectivity index (χ4v) is 0.942. The first-order chi connectivity index (χ1) is 5.27. The van der Waals surface area contributed by atoms with Crippen molar-refractivity contribution < 1.29 is 9.47 Å². The average Bonchev–Trinajstić information content (AvgIpc) is 2.04. The number of nitrogens with zero attached hydrogens (tertiary/aromatic N) is 2. The molecule has 1 aliphatic rings. The zero-order valence-electron chi connectivity index (χ0n) is 7.00. The number of hydrogen-bond donors (Lipinski definition) is 0. The van der Waals surface area contributed by atoms with Crippen LogP contribution in [-0.2, 0) is 9.47 Å². The van der Waals surface area contributed by atoms with Crippen LogP contribution in [0.25, 0.3) is 0 Å². The van der Waals surface area contributed by atoms with Crippen molar-refractivity contribution in [2.24, 2.45) is 9.98 Å². The summed E-state index contributed by atoms with van der Waals surface area (Å²) in [5.74, 6) is 1.34. The molecular weight excluding hydrogens is 144 g/mol. The third-order valence-electron chi connectivity index (χ3n) is 1.51. The summed E-state index contributed by atoms with van der Waals surface area (Å²) < 4.78 is 9.93. The van der Waals surface area contributed by atoms with Gasteiger partial charge in [-0.25, -0.2) is 9.98 Å². The largest absolute Gasteiger partial charge is 0.483 e. The summed E-state index contributed by atoms with van der Waals surface area (Å²) in [7, 11) is 3.20. The Hall–Kier alpha value is -1.06. The first-order valence-electron chi connectivity index (χ1n) is 3.47. The van der Waals surface area contributed by atoms with Gasteiger partial charge in [0.1, 0.15) is 12.6 Å². The van der Waals surface area contributed by atoms with E-state index in [1.165, 1.54) is 0 Å². The Kier molecular flexibility index (Phi) is 2.46. The van der Waals surface area contributed by atoms with Crippen molar-refractivity contribution in [3.63, 3.8) is 0 Å². The number of methoxy groups -OCH3 is 2. The minimum absolute atomic E-state index is 0.0105. The molecule has 1 heterocycles. The van der Waals surface area contributed by atoms with Crippen LogP contribution < -0.4 is 0 Å². The van der Waals surface area contributed by atoms with Crippen molar-refractivity contribution in [3.05, 3.63) is 0 Å². The summed E-state index contributed by atoms with van der Waals surface area (Å²) in [6.07, 6.45) is 0. The third-order valence-corrected chi connectivity index (χ3v) is 1.51. The topological polar surface area (TPSA) is 43.2 Å². The van der Waals surface area contributed by atoms with Crippen molar-refractivity contribution in [2.45, 2.75) is 13.0 Å². The monoisotopic (exact) mass is 156 g/mol. The van der Waals surface area contributed by atoms with Crippen molar-refractivity contribution in [2.75, 3.05) is 20.8 Å². The van der Waals surface area contributed by atoms with E-state index in [4.69, 9.17) is 9.47 Å². The molecule has 4 nitrogen and oxygen atoms in total. The fourth-order valence-electron chi connectivity index (χ4n) is 0.942. The van der Waals surface area contributed by atoms with Gasteiger partial charge in [0.25, 0.3) is 0 Å². The van der Waals surface area contributed by atoms with Crippen LogP contribution in [0.3, 0.4) is 0 Å². The lowest BCUT2D eigenvalue weighted by atomic mass is 10.3. The highest BCUT2D eigenvalue weighted by Crippen LogP contribution is 2.03. The Labute approximate surface area is 65.9 Å². The minimum Gasteiger partial charge on any atom is -0.483 e. The van der Waals surface area contributed by atoms with Gasteiger partial charge in [0.15, 0.2) is 0 Å². The highest BCUT2D eigenvalue weighted by Gasteiger charge is 2.15. The van der Waals surface area contributed by atoms with E-state index >= 15 is 0 Å². The molecule has 62 valence electrons. The van der Waals surface area contributed by atoms with Crippen LogP contribution in [0.2, 0.25) is 0 Å². The summed E-state index contributed by atoms with van der Waals surface area (Å²) in [6, 6.07) is -0.0105. The Balaban J connectivity index is 2.63. The first kappa shape index (κ1) is 8.04. The quantitative estimate of drug-likeness (QED) is 0.512. The highest BCUT2D eigenvalue weighted by molar-refractivity contribution is 5.91. The zero-order valence-corrected chi connectivity index (χ0v) is 7.00. The van der Waals surface area contributed by atoms with Crippen molar-refractivity contribution >= 4 is 11.8 Å². The van der Waals surface area contributed by atoms with Crippen molar-refractivity contribution in [1.29, 1.82) is 0 Å². The van der Waals surface area contributed by atoms with Gasteiger partial charge >= 0.3 is 0 Å². The lowest BCUT2D eigenvalue weighted by molar-refractivity contribution is 0.363. The van der Waals surface area contributed by atoms with Crippen molar-refractivity contribution in [3.8, 4) is 0 Å². The maximum atomic E-state index is 4.98. The molecule has 1 aliphatic heterocycles. The minimum atomic E-state index is -0.0105. The Bertz CT molecular complexity index is 199. The Morgan fingerprint density at radius 3 is 2.55 bits per heavy atom. The van der Waals surface area contributed by atoms with E-state index in [0.29, 0.717) is 18.3 Å². The number of aliphatic imine (C=N–C) groups is 2. The molecule has 0 unspecified atom stereocenters. The highest BCUT2D eigenvalue weighted by atomic mass is 16.5. The lowest BCUT2D eigenvalue weighted by Crippen LogP contribution is -2.26. The maximum absolute atomic E-state index is 4.98. The molecule has 0 amide bonds. The van der Waals surface area contributed by atoms with E-state index < -0.39 is 0 Å². The molecule has 0 saturated heterocycles. The van der Waals surface area contributed by atoms with Gasteiger partial charge < -0.3 is 9.47 Å². The van der Waals surface area contributed by atoms with Crippen LogP contribution in [0, 0.1) is 0 Å². The third kappa shape index (κ3) is 1.69. The zero-order chi connectivity index (χ0) is 8.27. The van der Waals surface area contributed by atoms with Gasteiger partial charge in [0.2, 0.25) is 11.8 Å². The number of hydrogen-bond acceptors (Lipinski definition) is 4. The molecule has 0 aromatic rings. The molecule has 1 rings (SSSR count). The number of ether oxygens (including phenoxy) is 2. The summed E-state index contributed by atoms with van der Waals surface area (Å²) >= 11 is 0. The van der Waals surface area contributed by atoms with Crippen molar-refractivity contribution in [1.82, 2.24) is 0 Å². The Morgan fingerprint density at radius 2 is 2.09 bits per heavy atom. The van der Waals surface area contributed by atoms with E-state index in [9.17, 15) is 0 Å². The van der Waals surface area contributed by atoms with Gasteiger partial charge in [-0.1, -0.05) is 0 Å². The van der Waals surface area contributed by atoms with E-state index in [2.05, 4.69) is 9.98 Å². The van der Waals surface area contributed by atoms with Crippen LogP contribution in [0.5, 0.6) is 0 Å². The maximum Gasteiger partial charge on any atom is 0.208 e.